The molecule has 0 rings (SSSR count). The lowest BCUT2D eigenvalue weighted by Gasteiger charge is -2.34. The smallest absolute Gasteiger partial charge is 0.427 e. The highest BCUT2D eigenvalue weighted by atomic mass is 16.4. The van der Waals surface area contributed by atoms with Gasteiger partial charge in [0.2, 0.25) is 0 Å². The first-order valence-corrected chi connectivity index (χ1v) is 7.96. The van der Waals surface area contributed by atoms with Crippen molar-refractivity contribution in [2.45, 2.75) is 91.3 Å². The Hall–Kier alpha value is -0.0151. The zero-order valence-corrected chi connectivity index (χ0v) is 12.7. The molecule has 0 aliphatic carbocycles. The minimum absolute atomic E-state index is 0.530. The average Bonchev–Trinajstić information content (AvgIpc) is 2.29. The number of hydrogen-bond acceptors (Lipinski definition) is 2. The van der Waals surface area contributed by atoms with Crippen molar-refractivity contribution in [3.05, 3.63) is 0 Å². The third-order valence-corrected chi connectivity index (χ3v) is 4.01. The second-order valence-corrected chi connectivity index (χ2v) is 5.83. The Bertz CT molecular complexity index is 166. The summed E-state index contributed by atoms with van der Waals surface area (Å²) in [5.74, 6) is 0. The molecule has 0 unspecified atom stereocenters. The summed E-state index contributed by atoms with van der Waals surface area (Å²) in [6.07, 6.45) is 13.1. The van der Waals surface area contributed by atoms with Crippen molar-refractivity contribution in [3.63, 3.8) is 0 Å². The maximum Gasteiger partial charge on any atom is 0.451 e. The van der Waals surface area contributed by atoms with Crippen LogP contribution in [0.3, 0.4) is 0 Å². The Morgan fingerprint density at radius 2 is 1.22 bits per heavy atom. The molecule has 0 fully saturated rings. The molecule has 0 radical (unpaired) electrons. The zero-order valence-electron chi connectivity index (χ0n) is 12.7. The minimum atomic E-state index is -1.11. The van der Waals surface area contributed by atoms with E-state index in [1.54, 1.807) is 0 Å². The predicted octanol–water partition coefficient (Wildman–Crippen LogP) is 4.41. The Morgan fingerprint density at radius 1 is 0.722 bits per heavy atom. The molecule has 0 amide bonds. The molecular weight excluding hydrogens is 223 g/mol. The van der Waals surface area contributed by atoms with Crippen LogP contribution in [0, 0.1) is 5.41 Å². The molecule has 0 saturated carbocycles. The molecule has 2 N–H and O–H groups in total. The molecule has 3 heteroatoms. The summed E-state index contributed by atoms with van der Waals surface area (Å²) in [5.41, 5.74) is 0.566. The Labute approximate surface area is 114 Å². The van der Waals surface area contributed by atoms with Crippen molar-refractivity contribution in [2.24, 2.45) is 5.41 Å². The van der Waals surface area contributed by atoms with Gasteiger partial charge in [-0.05, 0) is 37.4 Å². The van der Waals surface area contributed by atoms with E-state index in [0.29, 0.717) is 11.7 Å². The lowest BCUT2D eigenvalue weighted by molar-refractivity contribution is 0.186. The SMILES string of the molecule is CCCC(CCC)(CCC)CCCCCB(O)O. The third-order valence-electron chi connectivity index (χ3n) is 4.01. The average molecular weight is 256 g/mol. The molecule has 0 heterocycles. The Kier molecular flexibility index (Phi) is 10.9. The van der Waals surface area contributed by atoms with Crippen molar-refractivity contribution in [1.82, 2.24) is 0 Å². The highest BCUT2D eigenvalue weighted by Gasteiger charge is 2.26. The van der Waals surface area contributed by atoms with Gasteiger partial charge in [0.15, 0.2) is 0 Å². The van der Waals surface area contributed by atoms with Crippen LogP contribution in [0.25, 0.3) is 0 Å². The molecule has 0 aromatic carbocycles. The van der Waals surface area contributed by atoms with E-state index in [2.05, 4.69) is 20.8 Å². The van der Waals surface area contributed by atoms with Crippen molar-refractivity contribution >= 4 is 7.12 Å². The molecule has 0 aromatic heterocycles. The highest BCUT2D eigenvalue weighted by Crippen LogP contribution is 2.40. The normalized spacial score (nSPS) is 11.8. The number of unbranched alkanes of at least 4 members (excludes halogenated alkanes) is 2. The monoisotopic (exact) mass is 256 g/mol. The van der Waals surface area contributed by atoms with Crippen LogP contribution in [0.5, 0.6) is 0 Å². The van der Waals surface area contributed by atoms with Crippen LogP contribution < -0.4 is 0 Å². The van der Waals surface area contributed by atoms with Gasteiger partial charge in [-0.15, -0.1) is 0 Å². The number of hydrogen-bond donors (Lipinski definition) is 2. The molecule has 108 valence electrons. The molecule has 0 aliphatic heterocycles. The summed E-state index contributed by atoms with van der Waals surface area (Å²) in [5, 5.41) is 17.6. The van der Waals surface area contributed by atoms with Gasteiger partial charge in [0.05, 0.1) is 0 Å². The van der Waals surface area contributed by atoms with Crippen LogP contribution in [-0.4, -0.2) is 17.2 Å². The van der Waals surface area contributed by atoms with Gasteiger partial charge < -0.3 is 10.0 Å². The van der Waals surface area contributed by atoms with Crippen molar-refractivity contribution in [3.8, 4) is 0 Å². The van der Waals surface area contributed by atoms with E-state index in [1.165, 1.54) is 51.4 Å². The van der Waals surface area contributed by atoms with Crippen LogP contribution in [0.1, 0.15) is 85.0 Å². The van der Waals surface area contributed by atoms with E-state index in [-0.39, 0.29) is 0 Å². The van der Waals surface area contributed by atoms with Gasteiger partial charge in [-0.1, -0.05) is 59.3 Å². The summed E-state index contributed by atoms with van der Waals surface area (Å²) < 4.78 is 0. The lowest BCUT2D eigenvalue weighted by atomic mass is 9.72. The summed E-state index contributed by atoms with van der Waals surface area (Å²) in [6.45, 7) is 6.88. The first kappa shape index (κ1) is 18.0. The van der Waals surface area contributed by atoms with Gasteiger partial charge in [0.1, 0.15) is 0 Å². The van der Waals surface area contributed by atoms with Gasteiger partial charge in [-0.25, -0.2) is 0 Å². The maximum absolute atomic E-state index is 8.82. The van der Waals surface area contributed by atoms with E-state index in [1.807, 2.05) is 0 Å². The molecular formula is C15H33BO2. The van der Waals surface area contributed by atoms with Gasteiger partial charge >= 0.3 is 7.12 Å². The molecule has 0 aliphatic rings. The second-order valence-electron chi connectivity index (χ2n) is 5.83. The van der Waals surface area contributed by atoms with E-state index in [9.17, 15) is 0 Å². The third kappa shape index (κ3) is 8.15. The summed E-state index contributed by atoms with van der Waals surface area (Å²) >= 11 is 0. The van der Waals surface area contributed by atoms with Crippen LogP contribution in [0.2, 0.25) is 6.32 Å². The van der Waals surface area contributed by atoms with Crippen LogP contribution >= 0.6 is 0 Å². The highest BCUT2D eigenvalue weighted by molar-refractivity contribution is 6.40. The van der Waals surface area contributed by atoms with Gasteiger partial charge in [0, 0.05) is 0 Å². The van der Waals surface area contributed by atoms with Crippen LogP contribution in [0.4, 0.5) is 0 Å². The fourth-order valence-electron chi connectivity index (χ4n) is 3.34. The first-order chi connectivity index (χ1) is 8.60. The van der Waals surface area contributed by atoms with E-state index in [0.717, 1.165) is 12.8 Å². The van der Waals surface area contributed by atoms with Gasteiger partial charge in [-0.2, -0.15) is 0 Å². The molecule has 0 saturated heterocycles. The minimum Gasteiger partial charge on any atom is -0.427 e. The Balaban J connectivity index is 4.04. The summed E-state index contributed by atoms with van der Waals surface area (Å²) in [4.78, 5) is 0. The van der Waals surface area contributed by atoms with Gasteiger partial charge in [0.25, 0.3) is 0 Å². The van der Waals surface area contributed by atoms with Crippen LogP contribution in [-0.2, 0) is 0 Å². The first-order valence-electron chi connectivity index (χ1n) is 7.96. The van der Waals surface area contributed by atoms with Gasteiger partial charge in [-0.3, -0.25) is 0 Å². The largest absolute Gasteiger partial charge is 0.451 e. The lowest BCUT2D eigenvalue weighted by Crippen LogP contribution is -2.20. The van der Waals surface area contributed by atoms with Crippen LogP contribution in [0.15, 0.2) is 0 Å². The standard InChI is InChI=1S/C15H33BO2/c1-4-10-15(11-5-2,12-6-3)13-8-7-9-14-16(17)18/h17-18H,4-14H2,1-3H3. The molecule has 2 nitrogen and oxygen atoms in total. The molecule has 0 bridgehead atoms. The summed E-state index contributed by atoms with van der Waals surface area (Å²) in [6, 6.07) is 0. The molecule has 18 heavy (non-hydrogen) atoms. The van der Waals surface area contributed by atoms with Crippen molar-refractivity contribution in [1.29, 1.82) is 0 Å². The fourth-order valence-corrected chi connectivity index (χ4v) is 3.34. The maximum atomic E-state index is 8.82. The van der Waals surface area contributed by atoms with E-state index < -0.39 is 7.12 Å². The molecule has 0 spiro atoms. The predicted molar refractivity (Wildman–Crippen MR) is 80.6 cm³/mol. The van der Waals surface area contributed by atoms with Crippen molar-refractivity contribution in [2.75, 3.05) is 0 Å². The topological polar surface area (TPSA) is 40.5 Å². The fraction of sp³-hybridized carbons (Fsp3) is 1.00. The van der Waals surface area contributed by atoms with Crippen molar-refractivity contribution < 1.29 is 10.0 Å². The Morgan fingerprint density at radius 3 is 1.61 bits per heavy atom. The summed E-state index contributed by atoms with van der Waals surface area (Å²) in [7, 11) is -1.11. The number of rotatable bonds is 12. The zero-order chi connectivity index (χ0) is 13.9. The quantitative estimate of drug-likeness (QED) is 0.401. The second kappa shape index (κ2) is 10.9. The molecule has 0 atom stereocenters. The van der Waals surface area contributed by atoms with E-state index in [4.69, 9.17) is 10.0 Å². The molecule has 0 aromatic rings. The van der Waals surface area contributed by atoms with E-state index >= 15 is 0 Å².